The number of carbonyl (C=O) groups excluding carboxylic acids is 1. The van der Waals surface area contributed by atoms with E-state index in [-0.39, 0.29) is 5.91 Å². The van der Waals surface area contributed by atoms with Crippen molar-refractivity contribution < 1.29 is 4.79 Å². The SMILES string of the molecule is NC(=O)c1cc2ccc(-c3ccccc3)cc2s1. The molecule has 0 spiro atoms. The fourth-order valence-electron chi connectivity index (χ4n) is 1.96. The molecular weight excluding hydrogens is 242 g/mol. The molecule has 0 bridgehead atoms. The monoisotopic (exact) mass is 253 g/mol. The average molecular weight is 253 g/mol. The van der Waals surface area contributed by atoms with Crippen molar-refractivity contribution in [1.82, 2.24) is 0 Å². The lowest BCUT2D eigenvalue weighted by Gasteiger charge is -2.00. The first-order chi connectivity index (χ1) is 8.74. The minimum atomic E-state index is -0.363. The number of rotatable bonds is 2. The molecule has 0 aliphatic carbocycles. The third-order valence-electron chi connectivity index (χ3n) is 2.87. The molecule has 88 valence electrons. The van der Waals surface area contributed by atoms with Gasteiger partial charge in [0.05, 0.1) is 4.88 Å². The molecule has 0 aliphatic rings. The van der Waals surface area contributed by atoms with Crippen LogP contribution >= 0.6 is 11.3 Å². The maximum Gasteiger partial charge on any atom is 0.258 e. The van der Waals surface area contributed by atoms with Crippen molar-refractivity contribution in [3.05, 3.63) is 59.5 Å². The van der Waals surface area contributed by atoms with Crippen LogP contribution in [0.25, 0.3) is 21.2 Å². The Hall–Kier alpha value is -2.13. The number of fused-ring (bicyclic) bond motifs is 1. The number of thiophene rings is 1. The molecule has 0 fully saturated rings. The average Bonchev–Trinajstić information content (AvgIpc) is 2.82. The Morgan fingerprint density at radius 3 is 2.44 bits per heavy atom. The quantitative estimate of drug-likeness (QED) is 0.744. The molecule has 2 nitrogen and oxygen atoms in total. The zero-order chi connectivity index (χ0) is 12.5. The van der Waals surface area contributed by atoms with Gasteiger partial charge in [-0.25, -0.2) is 0 Å². The number of primary amides is 1. The van der Waals surface area contributed by atoms with Crippen LogP contribution in [0.2, 0.25) is 0 Å². The Bertz CT molecular complexity index is 716. The van der Waals surface area contributed by atoms with E-state index in [1.807, 2.05) is 30.3 Å². The zero-order valence-corrected chi connectivity index (χ0v) is 10.4. The van der Waals surface area contributed by atoms with E-state index in [0.717, 1.165) is 15.6 Å². The summed E-state index contributed by atoms with van der Waals surface area (Å²) in [6.07, 6.45) is 0. The van der Waals surface area contributed by atoms with E-state index in [0.29, 0.717) is 4.88 Å². The first kappa shape index (κ1) is 11.0. The first-order valence-corrected chi connectivity index (χ1v) is 6.44. The predicted molar refractivity (Wildman–Crippen MR) is 75.8 cm³/mol. The molecule has 0 saturated heterocycles. The summed E-state index contributed by atoms with van der Waals surface area (Å²) in [7, 11) is 0. The van der Waals surface area contributed by atoms with Crippen LogP contribution in [-0.2, 0) is 0 Å². The highest BCUT2D eigenvalue weighted by molar-refractivity contribution is 7.20. The number of nitrogens with two attached hydrogens (primary N) is 1. The van der Waals surface area contributed by atoms with E-state index < -0.39 is 0 Å². The topological polar surface area (TPSA) is 43.1 Å². The fraction of sp³-hybridized carbons (Fsp3) is 0. The van der Waals surface area contributed by atoms with Crippen LogP contribution in [0.15, 0.2) is 54.6 Å². The molecule has 18 heavy (non-hydrogen) atoms. The van der Waals surface area contributed by atoms with E-state index in [1.54, 1.807) is 0 Å². The molecule has 2 N–H and O–H groups in total. The second-order valence-electron chi connectivity index (χ2n) is 4.09. The summed E-state index contributed by atoms with van der Waals surface area (Å²) in [5.41, 5.74) is 7.63. The van der Waals surface area contributed by atoms with Gasteiger partial charge in [-0.3, -0.25) is 4.79 Å². The highest BCUT2D eigenvalue weighted by Crippen LogP contribution is 2.30. The summed E-state index contributed by atoms with van der Waals surface area (Å²) in [5.74, 6) is -0.363. The number of carbonyl (C=O) groups is 1. The fourth-order valence-corrected chi connectivity index (χ4v) is 2.92. The number of amides is 1. The molecule has 3 rings (SSSR count). The number of hydrogen-bond donors (Lipinski definition) is 1. The van der Waals surface area contributed by atoms with Crippen LogP contribution < -0.4 is 5.73 Å². The Morgan fingerprint density at radius 2 is 1.72 bits per heavy atom. The smallest absolute Gasteiger partial charge is 0.258 e. The minimum absolute atomic E-state index is 0.363. The summed E-state index contributed by atoms with van der Waals surface area (Å²) in [4.78, 5) is 11.8. The zero-order valence-electron chi connectivity index (χ0n) is 9.59. The summed E-state index contributed by atoms with van der Waals surface area (Å²) in [5, 5.41) is 1.06. The normalized spacial score (nSPS) is 10.7. The third kappa shape index (κ3) is 1.89. The van der Waals surface area contributed by atoms with Crippen molar-refractivity contribution in [3.63, 3.8) is 0 Å². The molecule has 0 unspecified atom stereocenters. The van der Waals surface area contributed by atoms with Gasteiger partial charge in [0.1, 0.15) is 0 Å². The maximum absolute atomic E-state index is 11.2. The van der Waals surface area contributed by atoms with Gasteiger partial charge in [-0.2, -0.15) is 0 Å². The summed E-state index contributed by atoms with van der Waals surface area (Å²) >= 11 is 1.44. The highest BCUT2D eigenvalue weighted by Gasteiger charge is 2.07. The molecule has 0 saturated carbocycles. The van der Waals surface area contributed by atoms with Gasteiger partial charge in [0.2, 0.25) is 0 Å². The van der Waals surface area contributed by atoms with Crippen LogP contribution in [0.5, 0.6) is 0 Å². The van der Waals surface area contributed by atoms with Crippen molar-refractivity contribution in [3.8, 4) is 11.1 Å². The molecule has 1 amide bonds. The predicted octanol–water partition coefficient (Wildman–Crippen LogP) is 3.67. The highest BCUT2D eigenvalue weighted by atomic mass is 32.1. The lowest BCUT2D eigenvalue weighted by molar-refractivity contribution is 0.100. The molecule has 1 aromatic heterocycles. The van der Waals surface area contributed by atoms with E-state index in [2.05, 4.69) is 24.3 Å². The second-order valence-corrected chi connectivity index (χ2v) is 5.18. The maximum atomic E-state index is 11.2. The minimum Gasteiger partial charge on any atom is -0.365 e. The van der Waals surface area contributed by atoms with Crippen LogP contribution in [0.3, 0.4) is 0 Å². The van der Waals surface area contributed by atoms with Gasteiger partial charge in [-0.1, -0.05) is 42.5 Å². The largest absolute Gasteiger partial charge is 0.365 e. The van der Waals surface area contributed by atoms with E-state index >= 15 is 0 Å². The summed E-state index contributed by atoms with van der Waals surface area (Å²) in [6, 6.07) is 18.2. The third-order valence-corrected chi connectivity index (χ3v) is 3.98. The van der Waals surface area contributed by atoms with Crippen molar-refractivity contribution in [2.45, 2.75) is 0 Å². The van der Waals surface area contributed by atoms with Crippen LogP contribution in [0, 0.1) is 0 Å². The number of hydrogen-bond acceptors (Lipinski definition) is 2. The molecule has 0 atom stereocenters. The van der Waals surface area contributed by atoms with Gasteiger partial charge in [0, 0.05) is 4.70 Å². The van der Waals surface area contributed by atoms with Gasteiger partial charge >= 0.3 is 0 Å². The Labute approximate surface area is 109 Å². The molecule has 0 radical (unpaired) electrons. The van der Waals surface area contributed by atoms with Crippen molar-refractivity contribution >= 4 is 27.3 Å². The Morgan fingerprint density at radius 1 is 0.944 bits per heavy atom. The van der Waals surface area contributed by atoms with E-state index in [4.69, 9.17) is 5.73 Å². The van der Waals surface area contributed by atoms with Gasteiger partial charge in [-0.15, -0.1) is 11.3 Å². The molecule has 2 aromatic carbocycles. The van der Waals surface area contributed by atoms with Crippen molar-refractivity contribution in [2.75, 3.05) is 0 Å². The van der Waals surface area contributed by atoms with Gasteiger partial charge in [0.25, 0.3) is 5.91 Å². The van der Waals surface area contributed by atoms with Gasteiger partial charge in [-0.05, 0) is 28.6 Å². The van der Waals surface area contributed by atoms with Crippen LogP contribution in [0.4, 0.5) is 0 Å². The second kappa shape index (κ2) is 4.27. The van der Waals surface area contributed by atoms with Crippen LogP contribution in [-0.4, -0.2) is 5.91 Å². The molecule has 3 heteroatoms. The van der Waals surface area contributed by atoms with Crippen molar-refractivity contribution in [1.29, 1.82) is 0 Å². The standard InChI is InChI=1S/C15H11NOS/c16-15(17)14-9-12-7-6-11(8-13(12)18-14)10-4-2-1-3-5-10/h1-9H,(H2,16,17). The summed E-state index contributed by atoms with van der Waals surface area (Å²) < 4.78 is 1.09. The molecular formula is C15H11NOS. The Balaban J connectivity index is 2.14. The van der Waals surface area contributed by atoms with Gasteiger partial charge in [0.15, 0.2) is 0 Å². The first-order valence-electron chi connectivity index (χ1n) is 5.63. The Kier molecular flexibility index (Phi) is 2.61. The lowest BCUT2D eigenvalue weighted by atomic mass is 10.1. The van der Waals surface area contributed by atoms with Crippen molar-refractivity contribution in [2.24, 2.45) is 5.73 Å². The molecule has 3 aromatic rings. The number of benzene rings is 2. The lowest BCUT2D eigenvalue weighted by Crippen LogP contribution is -2.07. The van der Waals surface area contributed by atoms with Gasteiger partial charge < -0.3 is 5.73 Å². The van der Waals surface area contributed by atoms with E-state index in [9.17, 15) is 4.79 Å². The summed E-state index contributed by atoms with van der Waals surface area (Å²) in [6.45, 7) is 0. The van der Waals surface area contributed by atoms with Crippen LogP contribution in [0.1, 0.15) is 9.67 Å². The molecule has 0 aliphatic heterocycles. The molecule has 1 heterocycles. The van der Waals surface area contributed by atoms with E-state index in [1.165, 1.54) is 16.9 Å².